The van der Waals surface area contributed by atoms with Crippen LogP contribution in [0, 0.1) is 13.8 Å². The molecular weight excluding hydrogens is 374 g/mol. The molecule has 5 nitrogen and oxygen atoms in total. The number of likely N-dealkylation sites (tertiary alicyclic amines) is 1. The molecular formula is C25H27N3O2. The van der Waals surface area contributed by atoms with Crippen LogP contribution < -0.4 is 10.5 Å². The zero-order valence-corrected chi connectivity index (χ0v) is 17.6. The third kappa shape index (κ3) is 3.09. The Morgan fingerprint density at radius 2 is 1.90 bits per heavy atom. The summed E-state index contributed by atoms with van der Waals surface area (Å²) in [4.78, 5) is 17.8. The molecule has 1 aromatic heterocycles. The standard InChI is InChI=1S/C25H27N3O2/c1-16-14-22-19(7-8-25(30-22)9-12-28(13-10-25)24(26)29)15-21(16)20-6-5-18-4-3-11-27-23(18)17(20)2/h3-6,11,14-15H,7-10,12-13H2,1-2H3,(H2,26,29). The van der Waals surface area contributed by atoms with Gasteiger partial charge in [-0.15, -0.1) is 0 Å². The van der Waals surface area contributed by atoms with Gasteiger partial charge in [0.2, 0.25) is 0 Å². The van der Waals surface area contributed by atoms with Gasteiger partial charge in [-0.25, -0.2) is 4.79 Å². The molecule has 1 spiro atoms. The second-order valence-electron chi connectivity index (χ2n) is 8.70. The molecule has 5 rings (SSSR count). The summed E-state index contributed by atoms with van der Waals surface area (Å²) in [7, 11) is 0. The van der Waals surface area contributed by atoms with Gasteiger partial charge in [0.1, 0.15) is 11.4 Å². The number of hydrogen-bond acceptors (Lipinski definition) is 3. The minimum absolute atomic E-state index is 0.171. The van der Waals surface area contributed by atoms with Crippen LogP contribution in [-0.4, -0.2) is 34.6 Å². The molecule has 2 aliphatic rings. The highest BCUT2D eigenvalue weighted by atomic mass is 16.5. The maximum Gasteiger partial charge on any atom is 0.314 e. The lowest BCUT2D eigenvalue weighted by Gasteiger charge is -2.44. The molecule has 1 fully saturated rings. The Kier molecular flexibility index (Phi) is 4.42. The van der Waals surface area contributed by atoms with Gasteiger partial charge in [-0.1, -0.05) is 18.2 Å². The summed E-state index contributed by atoms with van der Waals surface area (Å²) in [5, 5.41) is 1.17. The predicted molar refractivity (Wildman–Crippen MR) is 119 cm³/mol. The third-order valence-corrected chi connectivity index (χ3v) is 6.89. The highest BCUT2D eigenvalue weighted by Crippen LogP contribution is 2.42. The molecule has 0 unspecified atom stereocenters. The molecule has 0 aliphatic carbocycles. The second kappa shape index (κ2) is 7.01. The van der Waals surface area contributed by atoms with Gasteiger partial charge in [-0.05, 0) is 72.7 Å². The molecule has 2 N–H and O–H groups in total. The van der Waals surface area contributed by atoms with E-state index in [9.17, 15) is 4.79 Å². The van der Waals surface area contributed by atoms with Crippen LogP contribution in [0.2, 0.25) is 0 Å². The summed E-state index contributed by atoms with van der Waals surface area (Å²) in [6.45, 7) is 5.65. The third-order valence-electron chi connectivity index (χ3n) is 6.89. The Balaban J connectivity index is 1.47. The Morgan fingerprint density at radius 1 is 1.10 bits per heavy atom. The maximum atomic E-state index is 11.5. The number of nitrogens with zero attached hydrogens (tertiary/aromatic N) is 2. The molecule has 154 valence electrons. The van der Waals surface area contributed by atoms with E-state index in [-0.39, 0.29) is 11.6 Å². The monoisotopic (exact) mass is 401 g/mol. The summed E-state index contributed by atoms with van der Waals surface area (Å²) < 4.78 is 6.57. The number of hydrogen-bond donors (Lipinski definition) is 1. The first-order valence-electron chi connectivity index (χ1n) is 10.7. The van der Waals surface area contributed by atoms with Crippen LogP contribution in [0.15, 0.2) is 42.6 Å². The van der Waals surface area contributed by atoms with E-state index in [1.165, 1.54) is 33.2 Å². The number of benzene rings is 2. The molecule has 1 saturated heterocycles. The molecule has 2 amide bonds. The number of fused-ring (bicyclic) bond motifs is 2. The lowest BCUT2D eigenvalue weighted by Crippen LogP contribution is -2.52. The first kappa shape index (κ1) is 18.9. The first-order chi connectivity index (χ1) is 14.5. The van der Waals surface area contributed by atoms with Crippen molar-refractivity contribution in [1.29, 1.82) is 0 Å². The minimum atomic E-state index is -0.332. The Bertz CT molecular complexity index is 1150. The topological polar surface area (TPSA) is 68.5 Å². The van der Waals surface area contributed by atoms with E-state index in [0.717, 1.165) is 36.9 Å². The predicted octanol–water partition coefficient (Wildman–Crippen LogP) is 4.76. The van der Waals surface area contributed by atoms with Crippen molar-refractivity contribution in [2.75, 3.05) is 13.1 Å². The van der Waals surface area contributed by atoms with Crippen LogP contribution >= 0.6 is 0 Å². The molecule has 0 radical (unpaired) electrons. The minimum Gasteiger partial charge on any atom is -0.487 e. The van der Waals surface area contributed by atoms with Crippen molar-refractivity contribution in [3.8, 4) is 16.9 Å². The van der Waals surface area contributed by atoms with E-state index in [1.807, 2.05) is 12.3 Å². The molecule has 0 bridgehead atoms. The number of aromatic nitrogens is 1. The first-order valence-corrected chi connectivity index (χ1v) is 10.7. The number of aryl methyl sites for hydroxylation is 3. The van der Waals surface area contributed by atoms with Crippen molar-refractivity contribution >= 4 is 16.9 Å². The highest BCUT2D eigenvalue weighted by molar-refractivity contribution is 5.89. The van der Waals surface area contributed by atoms with Crippen molar-refractivity contribution in [2.45, 2.75) is 45.1 Å². The van der Waals surface area contributed by atoms with Crippen molar-refractivity contribution in [2.24, 2.45) is 5.73 Å². The summed E-state index contributed by atoms with van der Waals surface area (Å²) in [6, 6.07) is 12.6. The van der Waals surface area contributed by atoms with Crippen LogP contribution in [0.3, 0.4) is 0 Å². The number of rotatable bonds is 1. The van der Waals surface area contributed by atoms with Crippen LogP contribution in [0.4, 0.5) is 4.79 Å². The zero-order valence-electron chi connectivity index (χ0n) is 17.6. The molecule has 0 saturated carbocycles. The fourth-order valence-electron chi connectivity index (χ4n) is 5.02. The zero-order chi connectivity index (χ0) is 20.9. The fourth-order valence-corrected chi connectivity index (χ4v) is 5.02. The number of carbonyl (C=O) groups excluding carboxylic acids is 1. The van der Waals surface area contributed by atoms with Crippen molar-refractivity contribution in [1.82, 2.24) is 9.88 Å². The number of amides is 2. The highest BCUT2D eigenvalue weighted by Gasteiger charge is 2.40. The number of piperidine rings is 1. The average molecular weight is 402 g/mol. The van der Waals surface area contributed by atoms with E-state index in [2.05, 4.69) is 49.2 Å². The Labute approximate surface area is 176 Å². The number of urea groups is 1. The van der Waals surface area contributed by atoms with Crippen molar-refractivity contribution in [3.05, 3.63) is 59.3 Å². The molecule has 2 aliphatic heterocycles. The lowest BCUT2D eigenvalue weighted by atomic mass is 9.82. The van der Waals surface area contributed by atoms with E-state index < -0.39 is 0 Å². The fraction of sp³-hybridized carbons (Fsp3) is 0.360. The number of pyridine rings is 1. The number of carbonyl (C=O) groups is 1. The average Bonchev–Trinajstić information content (AvgIpc) is 2.74. The van der Waals surface area contributed by atoms with E-state index >= 15 is 0 Å². The van der Waals surface area contributed by atoms with Crippen LogP contribution in [0.1, 0.15) is 36.0 Å². The summed E-state index contributed by atoms with van der Waals surface area (Å²) >= 11 is 0. The van der Waals surface area contributed by atoms with Crippen molar-refractivity contribution in [3.63, 3.8) is 0 Å². The second-order valence-corrected chi connectivity index (χ2v) is 8.70. The Morgan fingerprint density at radius 3 is 2.67 bits per heavy atom. The van der Waals surface area contributed by atoms with Crippen LogP contribution in [0.25, 0.3) is 22.0 Å². The SMILES string of the molecule is Cc1cc2c(cc1-c1ccc3cccnc3c1C)CCC1(CCN(C(N)=O)CC1)O2. The van der Waals surface area contributed by atoms with Gasteiger partial charge >= 0.3 is 6.03 Å². The summed E-state index contributed by atoms with van der Waals surface area (Å²) in [6.07, 6.45) is 5.50. The summed E-state index contributed by atoms with van der Waals surface area (Å²) in [5.41, 5.74) is 12.5. The quantitative estimate of drug-likeness (QED) is 0.639. The number of primary amides is 1. The van der Waals surface area contributed by atoms with E-state index in [0.29, 0.717) is 13.1 Å². The molecule has 3 heterocycles. The van der Waals surface area contributed by atoms with Gasteiger partial charge in [-0.3, -0.25) is 4.98 Å². The van der Waals surface area contributed by atoms with Gasteiger partial charge in [0.15, 0.2) is 0 Å². The van der Waals surface area contributed by atoms with Crippen molar-refractivity contribution < 1.29 is 9.53 Å². The summed E-state index contributed by atoms with van der Waals surface area (Å²) in [5.74, 6) is 0.992. The maximum absolute atomic E-state index is 11.5. The lowest BCUT2D eigenvalue weighted by molar-refractivity contribution is -0.00475. The normalized spacial score (nSPS) is 17.6. The molecule has 2 aromatic carbocycles. The van der Waals surface area contributed by atoms with E-state index in [4.69, 9.17) is 10.5 Å². The Hall–Kier alpha value is -3.08. The number of ether oxygens (including phenoxy) is 1. The smallest absolute Gasteiger partial charge is 0.314 e. The van der Waals surface area contributed by atoms with E-state index in [1.54, 1.807) is 4.90 Å². The van der Waals surface area contributed by atoms with Crippen LogP contribution in [-0.2, 0) is 6.42 Å². The molecule has 5 heteroatoms. The van der Waals surface area contributed by atoms with Gasteiger partial charge in [0.25, 0.3) is 0 Å². The van der Waals surface area contributed by atoms with Crippen LogP contribution in [0.5, 0.6) is 5.75 Å². The van der Waals surface area contributed by atoms with Gasteiger partial charge < -0.3 is 15.4 Å². The number of nitrogens with two attached hydrogens (primary N) is 1. The van der Waals surface area contributed by atoms with Gasteiger partial charge in [0, 0.05) is 37.5 Å². The van der Waals surface area contributed by atoms with Gasteiger partial charge in [0.05, 0.1) is 5.52 Å². The van der Waals surface area contributed by atoms with Gasteiger partial charge in [-0.2, -0.15) is 0 Å². The largest absolute Gasteiger partial charge is 0.487 e. The molecule has 30 heavy (non-hydrogen) atoms. The molecule has 3 aromatic rings. The molecule has 0 atom stereocenters.